The maximum absolute atomic E-state index is 12.9. The molecule has 114 valence electrons. The average Bonchev–Trinajstić information content (AvgIpc) is 2.70. The highest BCUT2D eigenvalue weighted by atomic mass is 35.5. The minimum atomic E-state index is -4.25. The SMILES string of the molecule is Cc1[nH]nc(C(F)F)c1NS(=O)(=O)c1ccc(F)cc1Cl. The molecule has 0 saturated heterocycles. The summed E-state index contributed by atoms with van der Waals surface area (Å²) in [5.74, 6) is -0.716. The predicted octanol–water partition coefficient (Wildman–Crippen LogP) is 3.25. The zero-order valence-corrected chi connectivity index (χ0v) is 12.1. The summed E-state index contributed by atoms with van der Waals surface area (Å²) in [5, 5.41) is 5.24. The van der Waals surface area contributed by atoms with Gasteiger partial charge in [-0.3, -0.25) is 9.82 Å². The van der Waals surface area contributed by atoms with E-state index in [-0.39, 0.29) is 16.4 Å². The summed E-state index contributed by atoms with van der Waals surface area (Å²) in [5.41, 5.74) is -0.966. The number of sulfonamides is 1. The summed E-state index contributed by atoms with van der Waals surface area (Å²) in [6.07, 6.45) is -2.96. The third-order valence-corrected chi connectivity index (χ3v) is 4.43. The highest BCUT2D eigenvalue weighted by Gasteiger charge is 2.25. The molecule has 2 aromatic rings. The lowest BCUT2D eigenvalue weighted by Crippen LogP contribution is -2.15. The van der Waals surface area contributed by atoms with Crippen LogP contribution in [0.15, 0.2) is 23.1 Å². The molecule has 0 saturated carbocycles. The van der Waals surface area contributed by atoms with Crippen molar-refractivity contribution in [3.05, 3.63) is 40.4 Å². The van der Waals surface area contributed by atoms with E-state index in [0.717, 1.165) is 18.2 Å². The van der Waals surface area contributed by atoms with Crippen molar-refractivity contribution in [2.75, 3.05) is 4.72 Å². The quantitative estimate of drug-likeness (QED) is 0.898. The second-order valence-electron chi connectivity index (χ2n) is 4.09. The van der Waals surface area contributed by atoms with Crippen LogP contribution in [0.4, 0.5) is 18.9 Å². The summed E-state index contributed by atoms with van der Waals surface area (Å²) in [6.45, 7) is 1.38. The fourth-order valence-corrected chi connectivity index (χ4v) is 3.29. The third-order valence-electron chi connectivity index (χ3n) is 2.60. The molecule has 0 aliphatic carbocycles. The van der Waals surface area contributed by atoms with Crippen molar-refractivity contribution in [2.24, 2.45) is 0 Å². The van der Waals surface area contributed by atoms with Gasteiger partial charge in [-0.1, -0.05) is 11.6 Å². The van der Waals surface area contributed by atoms with Gasteiger partial charge in [0.25, 0.3) is 16.4 Å². The molecule has 2 rings (SSSR count). The van der Waals surface area contributed by atoms with Crippen molar-refractivity contribution in [1.82, 2.24) is 10.2 Å². The number of rotatable bonds is 4. The molecule has 5 nitrogen and oxygen atoms in total. The van der Waals surface area contributed by atoms with Crippen LogP contribution in [0.25, 0.3) is 0 Å². The predicted molar refractivity (Wildman–Crippen MR) is 70.5 cm³/mol. The van der Waals surface area contributed by atoms with Crippen LogP contribution in [0.3, 0.4) is 0 Å². The number of H-pyrrole nitrogens is 1. The van der Waals surface area contributed by atoms with E-state index in [4.69, 9.17) is 11.6 Å². The number of anilines is 1. The van der Waals surface area contributed by atoms with Crippen molar-refractivity contribution >= 4 is 27.3 Å². The van der Waals surface area contributed by atoms with Crippen molar-refractivity contribution in [3.8, 4) is 0 Å². The molecule has 2 N–H and O–H groups in total. The summed E-state index contributed by atoms with van der Waals surface area (Å²) >= 11 is 5.67. The fraction of sp³-hybridized carbons (Fsp3) is 0.182. The molecule has 0 spiro atoms. The van der Waals surface area contributed by atoms with Gasteiger partial charge >= 0.3 is 0 Å². The molecule has 0 aliphatic rings. The largest absolute Gasteiger partial charge is 0.284 e. The van der Waals surface area contributed by atoms with Gasteiger partial charge in [-0.25, -0.2) is 21.6 Å². The first-order valence-electron chi connectivity index (χ1n) is 5.53. The monoisotopic (exact) mass is 339 g/mol. The number of hydrogen-bond donors (Lipinski definition) is 2. The Morgan fingerprint density at radius 1 is 1.38 bits per heavy atom. The first-order valence-corrected chi connectivity index (χ1v) is 7.39. The number of nitrogens with zero attached hydrogens (tertiary/aromatic N) is 1. The minimum absolute atomic E-state index is 0.118. The molecule has 1 aromatic carbocycles. The van der Waals surface area contributed by atoms with E-state index in [1.165, 1.54) is 6.92 Å². The molecular weight excluding hydrogens is 331 g/mol. The molecule has 0 radical (unpaired) electrons. The van der Waals surface area contributed by atoms with Crippen LogP contribution in [0.5, 0.6) is 0 Å². The van der Waals surface area contributed by atoms with Gasteiger partial charge < -0.3 is 0 Å². The number of hydrogen-bond acceptors (Lipinski definition) is 3. The molecule has 0 atom stereocenters. The fourth-order valence-electron chi connectivity index (χ4n) is 1.62. The second kappa shape index (κ2) is 5.57. The molecule has 10 heteroatoms. The molecular formula is C11H9ClF3N3O2S. The molecule has 0 bridgehead atoms. The molecule has 1 heterocycles. The topological polar surface area (TPSA) is 74.8 Å². The Labute approximate surface area is 123 Å². The first kappa shape index (κ1) is 15.6. The number of alkyl halides is 2. The first-order chi connectivity index (χ1) is 9.72. The van der Waals surface area contributed by atoms with Gasteiger partial charge in [0, 0.05) is 0 Å². The number of aromatic nitrogens is 2. The van der Waals surface area contributed by atoms with Crippen molar-refractivity contribution in [2.45, 2.75) is 18.2 Å². The molecule has 1 aromatic heterocycles. The van der Waals surface area contributed by atoms with Gasteiger partial charge in [-0.2, -0.15) is 5.10 Å². The average molecular weight is 340 g/mol. The normalized spacial score (nSPS) is 11.9. The number of halogens is 4. The van der Waals surface area contributed by atoms with Gasteiger partial charge in [-0.05, 0) is 25.1 Å². The van der Waals surface area contributed by atoms with Crippen LogP contribution >= 0.6 is 11.6 Å². The highest BCUT2D eigenvalue weighted by molar-refractivity contribution is 7.92. The Morgan fingerprint density at radius 2 is 2.05 bits per heavy atom. The number of nitrogens with one attached hydrogen (secondary N) is 2. The maximum atomic E-state index is 12.9. The Morgan fingerprint density at radius 3 is 2.62 bits per heavy atom. The Hall–Kier alpha value is -1.74. The number of aromatic amines is 1. The van der Waals surface area contributed by atoms with Gasteiger partial charge in [0.15, 0.2) is 5.69 Å². The van der Waals surface area contributed by atoms with Crippen LogP contribution < -0.4 is 4.72 Å². The van der Waals surface area contributed by atoms with Crippen LogP contribution in [0.1, 0.15) is 17.8 Å². The van der Waals surface area contributed by atoms with E-state index in [0.29, 0.717) is 0 Å². The smallest absolute Gasteiger partial charge is 0.280 e. The van der Waals surface area contributed by atoms with E-state index < -0.39 is 32.9 Å². The van der Waals surface area contributed by atoms with E-state index >= 15 is 0 Å². The summed E-state index contributed by atoms with van der Waals surface area (Å²) < 4.78 is 64.7. The standard InChI is InChI=1S/C11H9ClF3N3O2S/c1-5-9(10(11(14)15)17-16-5)18-21(19,20)8-3-2-6(13)4-7(8)12/h2-4,11,18H,1H3,(H,16,17). The lowest BCUT2D eigenvalue weighted by Gasteiger charge is -2.10. The van der Waals surface area contributed by atoms with Crippen LogP contribution in [0, 0.1) is 12.7 Å². The van der Waals surface area contributed by atoms with Gasteiger partial charge in [0.05, 0.1) is 16.4 Å². The zero-order valence-electron chi connectivity index (χ0n) is 10.5. The van der Waals surface area contributed by atoms with Gasteiger partial charge in [0.1, 0.15) is 10.7 Å². The number of aryl methyl sites for hydroxylation is 1. The molecule has 0 aliphatic heterocycles. The molecule has 21 heavy (non-hydrogen) atoms. The summed E-state index contributed by atoms with van der Waals surface area (Å²) in [7, 11) is -4.25. The van der Waals surface area contributed by atoms with E-state index in [2.05, 4.69) is 10.2 Å². The van der Waals surface area contributed by atoms with Crippen molar-refractivity contribution < 1.29 is 21.6 Å². The molecule has 0 amide bonds. The van der Waals surface area contributed by atoms with Gasteiger partial charge in [-0.15, -0.1) is 0 Å². The number of benzene rings is 1. The second-order valence-corrected chi connectivity index (χ2v) is 6.15. The molecule has 0 fully saturated rings. The Kier molecular flexibility index (Phi) is 4.15. The third kappa shape index (κ3) is 3.13. The Bertz CT molecular complexity index is 777. The van der Waals surface area contributed by atoms with Crippen molar-refractivity contribution in [1.29, 1.82) is 0 Å². The lowest BCUT2D eigenvalue weighted by molar-refractivity contribution is 0.147. The van der Waals surface area contributed by atoms with Gasteiger partial charge in [0.2, 0.25) is 0 Å². The highest BCUT2D eigenvalue weighted by Crippen LogP contribution is 2.31. The summed E-state index contributed by atoms with van der Waals surface area (Å²) in [6, 6.07) is 2.65. The van der Waals surface area contributed by atoms with Crippen LogP contribution in [-0.2, 0) is 10.0 Å². The summed E-state index contributed by atoms with van der Waals surface area (Å²) in [4.78, 5) is -0.425. The van der Waals surface area contributed by atoms with Crippen LogP contribution in [0.2, 0.25) is 5.02 Å². The maximum Gasteiger partial charge on any atom is 0.284 e. The Balaban J connectivity index is 2.45. The van der Waals surface area contributed by atoms with E-state index in [1.807, 2.05) is 4.72 Å². The zero-order chi connectivity index (χ0) is 15.8. The van der Waals surface area contributed by atoms with E-state index in [1.54, 1.807) is 0 Å². The van der Waals surface area contributed by atoms with Crippen molar-refractivity contribution in [3.63, 3.8) is 0 Å². The van der Waals surface area contributed by atoms with E-state index in [9.17, 15) is 21.6 Å². The molecule has 0 unspecified atom stereocenters. The minimum Gasteiger partial charge on any atom is -0.280 e. The lowest BCUT2D eigenvalue weighted by atomic mass is 10.3. The van der Waals surface area contributed by atoms with Crippen LogP contribution in [-0.4, -0.2) is 18.6 Å².